The minimum absolute atomic E-state index is 0.0964. The van der Waals surface area contributed by atoms with Gasteiger partial charge in [0.25, 0.3) is 5.91 Å². The summed E-state index contributed by atoms with van der Waals surface area (Å²) in [6.07, 6.45) is 2.53. The Labute approximate surface area is 135 Å². The molecular formula is C19H20N2O2. The molecule has 0 aromatic heterocycles. The Bertz CT molecular complexity index is 742. The highest BCUT2D eigenvalue weighted by atomic mass is 16.5. The molecule has 0 bridgehead atoms. The van der Waals surface area contributed by atoms with Crippen molar-refractivity contribution >= 4 is 17.3 Å². The van der Waals surface area contributed by atoms with Crippen LogP contribution in [-0.2, 0) is 22.4 Å². The van der Waals surface area contributed by atoms with Gasteiger partial charge in [-0.05, 0) is 54.2 Å². The number of fused-ring (bicyclic) bond motifs is 2. The fraction of sp³-hybridized carbons (Fsp3) is 0.316. The van der Waals surface area contributed by atoms with E-state index in [1.54, 1.807) is 0 Å². The molecule has 4 heteroatoms. The number of amides is 1. The lowest BCUT2D eigenvalue weighted by Crippen LogP contribution is -2.28. The predicted molar refractivity (Wildman–Crippen MR) is 90.7 cm³/mol. The lowest BCUT2D eigenvalue weighted by atomic mass is 9.97. The molecule has 2 aromatic rings. The van der Waals surface area contributed by atoms with Crippen molar-refractivity contribution in [1.82, 2.24) is 0 Å². The molecule has 1 unspecified atom stereocenters. The van der Waals surface area contributed by atoms with Gasteiger partial charge in [0.05, 0.1) is 6.61 Å². The summed E-state index contributed by atoms with van der Waals surface area (Å²) in [5.41, 5.74) is 5.46. The van der Waals surface area contributed by atoms with E-state index in [2.05, 4.69) is 22.8 Å². The highest BCUT2D eigenvalue weighted by molar-refractivity contribution is 5.95. The van der Waals surface area contributed by atoms with Crippen LogP contribution in [0.15, 0.2) is 42.5 Å². The Hall–Kier alpha value is -2.33. The van der Waals surface area contributed by atoms with Crippen LogP contribution in [-0.4, -0.2) is 19.1 Å². The molecule has 2 aliphatic rings. The number of hydrogen-bond donors (Lipinski definition) is 2. The topological polar surface area (TPSA) is 50.4 Å². The Balaban J connectivity index is 1.55. The van der Waals surface area contributed by atoms with E-state index in [4.69, 9.17) is 4.74 Å². The normalized spacial score (nSPS) is 19.2. The van der Waals surface area contributed by atoms with Gasteiger partial charge in [-0.3, -0.25) is 4.79 Å². The average Bonchev–Trinajstić information content (AvgIpc) is 2.61. The van der Waals surface area contributed by atoms with E-state index in [-0.39, 0.29) is 5.91 Å². The smallest absolute Gasteiger partial charge is 0.258 e. The van der Waals surface area contributed by atoms with Gasteiger partial charge in [-0.25, -0.2) is 0 Å². The first kappa shape index (κ1) is 14.3. The summed E-state index contributed by atoms with van der Waals surface area (Å²) < 4.78 is 5.73. The van der Waals surface area contributed by atoms with Crippen molar-refractivity contribution in [1.29, 1.82) is 0 Å². The fourth-order valence-electron chi connectivity index (χ4n) is 3.37. The van der Waals surface area contributed by atoms with Crippen LogP contribution in [0.3, 0.4) is 0 Å². The van der Waals surface area contributed by atoms with Crippen LogP contribution in [0.2, 0.25) is 0 Å². The summed E-state index contributed by atoms with van der Waals surface area (Å²) >= 11 is 0. The van der Waals surface area contributed by atoms with Crippen molar-refractivity contribution in [2.24, 2.45) is 0 Å². The second kappa shape index (κ2) is 6.05. The lowest BCUT2D eigenvalue weighted by Gasteiger charge is -2.25. The maximum Gasteiger partial charge on any atom is 0.258 e. The molecule has 4 nitrogen and oxygen atoms in total. The highest BCUT2D eigenvalue weighted by Gasteiger charge is 2.27. The molecule has 0 spiro atoms. The third-order valence-corrected chi connectivity index (χ3v) is 4.54. The standard InChI is InChI=1S/C19H20N2O2/c22-19(18-16-6-2-1-4-13(16)9-11-23-18)21-15-7-8-17-14(12-15)5-3-10-20-17/h1-2,4,6-8,12,18,20H,3,5,9-11H2,(H,21,22). The van der Waals surface area contributed by atoms with Crippen LogP contribution in [0.4, 0.5) is 11.4 Å². The van der Waals surface area contributed by atoms with Crippen molar-refractivity contribution in [2.45, 2.75) is 25.4 Å². The molecule has 2 aliphatic heterocycles. The van der Waals surface area contributed by atoms with E-state index in [1.807, 2.05) is 30.3 Å². The first-order valence-corrected chi connectivity index (χ1v) is 8.18. The molecule has 0 fully saturated rings. The molecule has 118 valence electrons. The molecule has 23 heavy (non-hydrogen) atoms. The number of nitrogens with one attached hydrogen (secondary N) is 2. The molecule has 0 radical (unpaired) electrons. The minimum atomic E-state index is -0.519. The molecule has 0 aliphatic carbocycles. The van der Waals surface area contributed by atoms with Crippen LogP contribution < -0.4 is 10.6 Å². The number of hydrogen-bond acceptors (Lipinski definition) is 3. The number of aryl methyl sites for hydroxylation is 1. The van der Waals surface area contributed by atoms with Crippen LogP contribution in [0, 0.1) is 0 Å². The third-order valence-electron chi connectivity index (χ3n) is 4.54. The summed E-state index contributed by atoms with van der Waals surface area (Å²) in [6.45, 7) is 1.61. The summed E-state index contributed by atoms with van der Waals surface area (Å²) in [6, 6.07) is 14.1. The van der Waals surface area contributed by atoms with Crippen LogP contribution in [0.25, 0.3) is 0 Å². The summed E-state index contributed by atoms with van der Waals surface area (Å²) in [5, 5.41) is 6.39. The number of rotatable bonds is 2. The SMILES string of the molecule is O=C(Nc1ccc2c(c1)CCCN2)C1OCCc2ccccc21. The average molecular weight is 308 g/mol. The summed E-state index contributed by atoms with van der Waals surface area (Å²) in [7, 11) is 0. The fourth-order valence-corrected chi connectivity index (χ4v) is 3.37. The molecule has 0 saturated heterocycles. The molecule has 0 saturated carbocycles. The maximum atomic E-state index is 12.6. The number of anilines is 2. The van der Waals surface area contributed by atoms with Gasteiger partial charge in [0.15, 0.2) is 6.10 Å². The van der Waals surface area contributed by atoms with E-state index in [9.17, 15) is 4.79 Å². The van der Waals surface area contributed by atoms with Gasteiger partial charge in [0.1, 0.15) is 0 Å². The van der Waals surface area contributed by atoms with E-state index < -0.39 is 6.10 Å². The van der Waals surface area contributed by atoms with Gasteiger partial charge in [-0.15, -0.1) is 0 Å². The van der Waals surface area contributed by atoms with Crippen molar-refractivity contribution in [3.63, 3.8) is 0 Å². The molecule has 4 rings (SSSR count). The second-order valence-corrected chi connectivity index (χ2v) is 6.09. The van der Waals surface area contributed by atoms with E-state index in [1.165, 1.54) is 16.8 Å². The molecule has 1 atom stereocenters. The van der Waals surface area contributed by atoms with E-state index >= 15 is 0 Å². The van der Waals surface area contributed by atoms with Gasteiger partial charge in [-0.1, -0.05) is 24.3 Å². The van der Waals surface area contributed by atoms with Crippen molar-refractivity contribution in [2.75, 3.05) is 23.8 Å². The van der Waals surface area contributed by atoms with Gasteiger partial charge in [0.2, 0.25) is 0 Å². The van der Waals surface area contributed by atoms with Crippen LogP contribution in [0.1, 0.15) is 29.2 Å². The zero-order valence-electron chi connectivity index (χ0n) is 13.0. The van der Waals surface area contributed by atoms with E-state index in [0.29, 0.717) is 6.61 Å². The monoisotopic (exact) mass is 308 g/mol. The zero-order valence-corrected chi connectivity index (χ0v) is 13.0. The molecule has 1 amide bonds. The Morgan fingerprint density at radius 2 is 2.04 bits per heavy atom. The third kappa shape index (κ3) is 2.82. The molecule has 2 aromatic carbocycles. The van der Waals surface area contributed by atoms with Crippen molar-refractivity contribution in [3.05, 3.63) is 59.2 Å². The van der Waals surface area contributed by atoms with Crippen LogP contribution >= 0.6 is 0 Å². The van der Waals surface area contributed by atoms with Crippen molar-refractivity contribution in [3.8, 4) is 0 Å². The Morgan fingerprint density at radius 3 is 3.00 bits per heavy atom. The number of carbonyl (C=O) groups is 1. The van der Waals surface area contributed by atoms with Gasteiger partial charge in [0, 0.05) is 17.9 Å². The molecular weight excluding hydrogens is 288 g/mol. The maximum absolute atomic E-state index is 12.6. The molecule has 2 heterocycles. The lowest BCUT2D eigenvalue weighted by molar-refractivity contribution is -0.128. The quantitative estimate of drug-likeness (QED) is 0.895. The minimum Gasteiger partial charge on any atom is -0.385 e. The summed E-state index contributed by atoms with van der Waals surface area (Å²) in [4.78, 5) is 12.6. The van der Waals surface area contributed by atoms with Gasteiger partial charge < -0.3 is 15.4 Å². The number of carbonyl (C=O) groups excluding carboxylic acids is 1. The van der Waals surface area contributed by atoms with Gasteiger partial charge >= 0.3 is 0 Å². The number of ether oxygens (including phenoxy) is 1. The largest absolute Gasteiger partial charge is 0.385 e. The first-order chi connectivity index (χ1) is 11.3. The van der Waals surface area contributed by atoms with Crippen molar-refractivity contribution < 1.29 is 9.53 Å². The summed E-state index contributed by atoms with van der Waals surface area (Å²) in [5.74, 6) is -0.0964. The predicted octanol–water partition coefficient (Wildman–Crippen LogP) is 3.30. The first-order valence-electron chi connectivity index (χ1n) is 8.18. The second-order valence-electron chi connectivity index (χ2n) is 6.09. The highest BCUT2D eigenvalue weighted by Crippen LogP contribution is 2.29. The zero-order chi connectivity index (χ0) is 15.6. The molecule has 2 N–H and O–H groups in total. The Kier molecular flexibility index (Phi) is 3.75. The van der Waals surface area contributed by atoms with Crippen LogP contribution in [0.5, 0.6) is 0 Å². The Morgan fingerprint density at radius 1 is 1.13 bits per heavy atom. The number of benzene rings is 2. The van der Waals surface area contributed by atoms with Gasteiger partial charge in [-0.2, -0.15) is 0 Å². The van der Waals surface area contributed by atoms with E-state index in [0.717, 1.165) is 37.1 Å².